The van der Waals surface area contributed by atoms with Crippen LogP contribution in [-0.4, -0.2) is 11.1 Å². The van der Waals surface area contributed by atoms with Crippen LogP contribution < -0.4 is 4.74 Å². The lowest BCUT2D eigenvalue weighted by atomic mass is 10.2. The van der Waals surface area contributed by atoms with Crippen molar-refractivity contribution in [2.24, 2.45) is 0 Å². The molecule has 1 N–H and O–H groups in total. The number of ether oxygens (including phenoxy) is 1. The predicted molar refractivity (Wildman–Crippen MR) is 64.5 cm³/mol. The third-order valence-electron chi connectivity index (χ3n) is 2.09. The first-order chi connectivity index (χ1) is 7.49. The zero-order valence-electron chi connectivity index (χ0n) is 8.70. The average molecular weight is 257 g/mol. The summed E-state index contributed by atoms with van der Waals surface area (Å²) >= 11 is 7.45. The molecular weight excluding hydrogens is 248 g/mol. The van der Waals surface area contributed by atoms with Crippen molar-refractivity contribution in [2.75, 3.05) is 0 Å². The van der Waals surface area contributed by atoms with Crippen molar-refractivity contribution in [3.05, 3.63) is 22.0 Å². The van der Waals surface area contributed by atoms with Crippen molar-refractivity contribution in [1.82, 2.24) is 0 Å². The average Bonchev–Trinajstić information content (AvgIpc) is 2.41. The van der Waals surface area contributed by atoms with Crippen LogP contribution in [0.15, 0.2) is 12.1 Å². The lowest BCUT2D eigenvalue weighted by Gasteiger charge is -2.02. The fourth-order valence-electron chi connectivity index (χ4n) is 1.52. The first kappa shape index (κ1) is 11.2. The molecule has 0 spiro atoms. The SMILES string of the molecule is CC(=O)Oc1c(C)sc2cc(O)cc(Cl)c12. The first-order valence-electron chi connectivity index (χ1n) is 4.59. The fraction of sp³-hybridized carbons (Fsp3) is 0.182. The Labute approximate surface area is 101 Å². The van der Waals surface area contributed by atoms with Crippen LogP contribution in [0.3, 0.4) is 0 Å². The van der Waals surface area contributed by atoms with Gasteiger partial charge in [0.25, 0.3) is 0 Å². The molecule has 0 bridgehead atoms. The highest BCUT2D eigenvalue weighted by Crippen LogP contribution is 2.43. The van der Waals surface area contributed by atoms with E-state index < -0.39 is 0 Å². The van der Waals surface area contributed by atoms with Crippen molar-refractivity contribution in [3.8, 4) is 11.5 Å². The van der Waals surface area contributed by atoms with Crippen molar-refractivity contribution in [1.29, 1.82) is 0 Å². The number of aryl methyl sites for hydroxylation is 1. The number of rotatable bonds is 1. The van der Waals surface area contributed by atoms with E-state index in [1.807, 2.05) is 6.92 Å². The molecule has 5 heteroatoms. The van der Waals surface area contributed by atoms with Gasteiger partial charge in [-0.3, -0.25) is 4.79 Å². The van der Waals surface area contributed by atoms with E-state index in [9.17, 15) is 9.90 Å². The highest BCUT2D eigenvalue weighted by molar-refractivity contribution is 7.19. The lowest BCUT2D eigenvalue weighted by Crippen LogP contribution is -2.01. The largest absolute Gasteiger partial charge is 0.508 e. The predicted octanol–water partition coefficient (Wildman–Crippen LogP) is 3.49. The monoisotopic (exact) mass is 256 g/mol. The molecule has 0 atom stereocenters. The second-order valence-corrected chi connectivity index (χ2v) is 5.05. The van der Waals surface area contributed by atoms with Gasteiger partial charge in [-0.2, -0.15) is 0 Å². The van der Waals surface area contributed by atoms with Crippen LogP contribution in [0.5, 0.6) is 11.5 Å². The van der Waals surface area contributed by atoms with Crippen LogP contribution in [0, 0.1) is 6.92 Å². The van der Waals surface area contributed by atoms with Gasteiger partial charge in [0.2, 0.25) is 0 Å². The molecule has 0 aliphatic carbocycles. The molecule has 0 radical (unpaired) electrons. The molecule has 0 aliphatic rings. The van der Waals surface area contributed by atoms with E-state index >= 15 is 0 Å². The quantitative estimate of drug-likeness (QED) is 0.795. The van der Waals surface area contributed by atoms with Crippen molar-refractivity contribution in [2.45, 2.75) is 13.8 Å². The fourth-order valence-corrected chi connectivity index (χ4v) is 2.93. The zero-order chi connectivity index (χ0) is 11.9. The number of fused-ring (bicyclic) bond motifs is 1. The van der Waals surface area contributed by atoms with Crippen molar-refractivity contribution < 1.29 is 14.6 Å². The van der Waals surface area contributed by atoms with E-state index in [1.54, 1.807) is 6.07 Å². The van der Waals surface area contributed by atoms with Crippen molar-refractivity contribution >= 4 is 39.0 Å². The van der Waals surface area contributed by atoms with Gasteiger partial charge in [0, 0.05) is 16.5 Å². The summed E-state index contributed by atoms with van der Waals surface area (Å²) in [7, 11) is 0. The van der Waals surface area contributed by atoms with Gasteiger partial charge < -0.3 is 9.84 Å². The van der Waals surface area contributed by atoms with Crippen molar-refractivity contribution in [3.63, 3.8) is 0 Å². The Balaban J connectivity index is 2.73. The summed E-state index contributed by atoms with van der Waals surface area (Å²) in [5, 5.41) is 10.5. The number of hydrogen-bond donors (Lipinski definition) is 1. The molecule has 0 aliphatic heterocycles. The maximum atomic E-state index is 11.0. The summed E-state index contributed by atoms with van der Waals surface area (Å²) in [6.07, 6.45) is 0. The van der Waals surface area contributed by atoms with Crippen LogP contribution in [0.25, 0.3) is 10.1 Å². The van der Waals surface area contributed by atoms with Gasteiger partial charge >= 0.3 is 5.97 Å². The molecule has 0 saturated heterocycles. The van der Waals surface area contributed by atoms with E-state index in [1.165, 1.54) is 24.3 Å². The summed E-state index contributed by atoms with van der Waals surface area (Å²) in [6.45, 7) is 3.19. The van der Waals surface area contributed by atoms with Crippen LogP contribution in [0.1, 0.15) is 11.8 Å². The standard InChI is InChI=1S/C11H9ClO3S/c1-5-11(15-6(2)13)10-8(12)3-7(14)4-9(10)16-5/h3-4,14H,1-2H3. The minimum absolute atomic E-state index is 0.105. The Hall–Kier alpha value is -1.26. The molecule has 2 rings (SSSR count). The number of carbonyl (C=O) groups is 1. The van der Waals surface area contributed by atoms with Gasteiger partial charge in [0.1, 0.15) is 5.75 Å². The number of carbonyl (C=O) groups excluding carboxylic acids is 1. The summed E-state index contributed by atoms with van der Waals surface area (Å²) in [4.78, 5) is 11.8. The second-order valence-electron chi connectivity index (χ2n) is 3.38. The summed E-state index contributed by atoms with van der Waals surface area (Å²) < 4.78 is 5.93. The Morgan fingerprint density at radius 1 is 1.50 bits per heavy atom. The van der Waals surface area contributed by atoms with Crippen LogP contribution in [0.2, 0.25) is 5.02 Å². The van der Waals surface area contributed by atoms with Crippen LogP contribution in [-0.2, 0) is 4.79 Å². The number of hydrogen-bond acceptors (Lipinski definition) is 4. The first-order valence-corrected chi connectivity index (χ1v) is 5.78. The molecule has 0 saturated carbocycles. The number of thiophene rings is 1. The number of aromatic hydroxyl groups is 1. The second kappa shape index (κ2) is 3.96. The molecule has 3 nitrogen and oxygen atoms in total. The molecule has 2 aromatic rings. The Kier molecular flexibility index (Phi) is 2.78. The molecule has 0 fully saturated rings. The normalized spacial score (nSPS) is 10.7. The van der Waals surface area contributed by atoms with Gasteiger partial charge in [-0.1, -0.05) is 11.6 Å². The number of phenolic OH excluding ortho intramolecular Hbond substituents is 1. The van der Waals surface area contributed by atoms with Crippen LogP contribution >= 0.6 is 22.9 Å². The molecule has 1 aromatic carbocycles. The molecule has 16 heavy (non-hydrogen) atoms. The topological polar surface area (TPSA) is 46.5 Å². The molecular formula is C11H9ClO3S. The minimum atomic E-state index is -0.382. The Morgan fingerprint density at radius 3 is 2.81 bits per heavy atom. The highest BCUT2D eigenvalue weighted by atomic mass is 35.5. The summed E-state index contributed by atoms with van der Waals surface area (Å²) in [5.41, 5.74) is 0. The van der Waals surface area contributed by atoms with E-state index in [0.717, 1.165) is 9.58 Å². The van der Waals surface area contributed by atoms with E-state index in [0.29, 0.717) is 16.2 Å². The van der Waals surface area contributed by atoms with Gasteiger partial charge in [0.05, 0.1) is 10.4 Å². The smallest absolute Gasteiger partial charge is 0.308 e. The molecule has 0 unspecified atom stereocenters. The third kappa shape index (κ3) is 1.86. The Bertz CT molecular complexity index is 574. The van der Waals surface area contributed by atoms with E-state index in [4.69, 9.17) is 16.3 Å². The summed E-state index contributed by atoms with van der Waals surface area (Å²) in [5.74, 6) is 0.206. The number of halogens is 1. The minimum Gasteiger partial charge on any atom is -0.508 e. The molecule has 84 valence electrons. The van der Waals surface area contributed by atoms with E-state index in [2.05, 4.69) is 0 Å². The number of esters is 1. The number of phenols is 1. The maximum absolute atomic E-state index is 11.0. The van der Waals surface area contributed by atoms with Gasteiger partial charge in [-0.15, -0.1) is 11.3 Å². The Morgan fingerprint density at radius 2 is 2.19 bits per heavy atom. The maximum Gasteiger partial charge on any atom is 0.308 e. The van der Waals surface area contributed by atoms with Gasteiger partial charge in [0.15, 0.2) is 5.75 Å². The van der Waals surface area contributed by atoms with Crippen LogP contribution in [0.4, 0.5) is 0 Å². The third-order valence-corrected chi connectivity index (χ3v) is 3.43. The molecule has 0 amide bonds. The summed E-state index contributed by atoms with van der Waals surface area (Å²) in [6, 6.07) is 3.04. The van der Waals surface area contributed by atoms with Gasteiger partial charge in [-0.05, 0) is 19.1 Å². The highest BCUT2D eigenvalue weighted by Gasteiger charge is 2.16. The van der Waals surface area contributed by atoms with Gasteiger partial charge in [-0.25, -0.2) is 0 Å². The molecule has 1 heterocycles. The molecule has 1 aromatic heterocycles. The number of benzene rings is 1. The van der Waals surface area contributed by atoms with E-state index in [-0.39, 0.29) is 11.7 Å². The zero-order valence-corrected chi connectivity index (χ0v) is 10.3. The lowest BCUT2D eigenvalue weighted by molar-refractivity contribution is -0.131.